The summed E-state index contributed by atoms with van der Waals surface area (Å²) in [6.07, 6.45) is 9.42. The number of hydrogen-bond donors (Lipinski definition) is 0. The van der Waals surface area contributed by atoms with Gasteiger partial charge in [-0.3, -0.25) is 0 Å². The maximum Gasteiger partial charge on any atom is 0.114 e. The Balaban J connectivity index is 1.98. The fraction of sp³-hybridized carbons (Fsp3) is 0.172. The van der Waals surface area contributed by atoms with Gasteiger partial charge in [0.05, 0.1) is 0 Å². The highest BCUT2D eigenvalue weighted by Crippen LogP contribution is 2.42. The summed E-state index contributed by atoms with van der Waals surface area (Å²) >= 11 is 0. The molecular formula is C29H28Si. The zero-order valence-electron chi connectivity index (χ0n) is 18.4. The third-order valence-electron chi connectivity index (χ3n) is 7.13. The molecule has 0 atom stereocenters. The van der Waals surface area contributed by atoms with Gasteiger partial charge >= 0.3 is 0 Å². The van der Waals surface area contributed by atoms with Crippen LogP contribution in [0.1, 0.15) is 29.2 Å². The smallest absolute Gasteiger partial charge is 0.0988 e. The Bertz CT molecular complexity index is 1330. The Hall–Kier alpha value is -2.90. The van der Waals surface area contributed by atoms with E-state index in [-0.39, 0.29) is 0 Å². The van der Waals surface area contributed by atoms with Crippen LogP contribution in [0.3, 0.4) is 0 Å². The highest BCUT2D eigenvalue weighted by molar-refractivity contribution is 7.05. The standard InChI is InChI=1S/C29H28Si/c1-7-12-22-18(4)28-23-13-10-11-14-27(23)30(5,6)29(28)26-17-24-20(16-25(22)26)15-19(8-2)21(24)9-3/h7-14,16-17H,2-3,15H2,1,4-6H3/b12-7-. The van der Waals surface area contributed by atoms with Crippen molar-refractivity contribution in [3.05, 3.63) is 95.6 Å². The second-order valence-electron chi connectivity index (χ2n) is 9.04. The zero-order valence-corrected chi connectivity index (χ0v) is 19.4. The van der Waals surface area contributed by atoms with Crippen LogP contribution >= 0.6 is 0 Å². The summed E-state index contributed by atoms with van der Waals surface area (Å²) in [5.41, 5.74) is 11.0. The van der Waals surface area contributed by atoms with Gasteiger partial charge in [-0.2, -0.15) is 0 Å². The van der Waals surface area contributed by atoms with Crippen molar-refractivity contribution in [2.75, 3.05) is 0 Å². The molecule has 3 aromatic carbocycles. The summed E-state index contributed by atoms with van der Waals surface area (Å²) in [7, 11) is -1.80. The summed E-state index contributed by atoms with van der Waals surface area (Å²) in [5.74, 6) is 0. The van der Waals surface area contributed by atoms with Crippen molar-refractivity contribution in [2.24, 2.45) is 0 Å². The van der Waals surface area contributed by atoms with Gasteiger partial charge in [0.15, 0.2) is 0 Å². The van der Waals surface area contributed by atoms with E-state index in [2.05, 4.69) is 88.6 Å². The molecule has 0 amide bonds. The van der Waals surface area contributed by atoms with E-state index >= 15 is 0 Å². The lowest BCUT2D eigenvalue weighted by Gasteiger charge is -2.23. The van der Waals surface area contributed by atoms with E-state index in [9.17, 15) is 0 Å². The molecule has 1 aliphatic carbocycles. The van der Waals surface area contributed by atoms with Crippen LogP contribution in [0.15, 0.2) is 73.4 Å². The zero-order chi connectivity index (χ0) is 21.2. The summed E-state index contributed by atoms with van der Waals surface area (Å²) in [4.78, 5) is 0. The maximum absolute atomic E-state index is 4.11. The molecule has 0 nitrogen and oxygen atoms in total. The molecule has 0 aromatic heterocycles. The molecule has 0 fully saturated rings. The third kappa shape index (κ3) is 2.33. The van der Waals surface area contributed by atoms with Gasteiger partial charge in [0.2, 0.25) is 0 Å². The SMILES string of the molecule is C=CC1=C(C=C)c2cc3c4c(c(C)c(/C=C\C)c3cc2C1)-c1ccccc1[Si]4(C)C. The average molecular weight is 405 g/mol. The van der Waals surface area contributed by atoms with Crippen LogP contribution in [0.25, 0.3) is 33.5 Å². The summed E-state index contributed by atoms with van der Waals surface area (Å²) in [6, 6.07) is 14.0. The van der Waals surface area contributed by atoms with E-state index in [4.69, 9.17) is 0 Å². The van der Waals surface area contributed by atoms with Crippen molar-refractivity contribution >= 4 is 40.9 Å². The normalized spacial score (nSPS) is 16.1. The largest absolute Gasteiger partial charge is 0.114 e. The van der Waals surface area contributed by atoms with Gasteiger partial charge in [-0.05, 0) is 98.1 Å². The number of hydrogen-bond acceptors (Lipinski definition) is 0. The van der Waals surface area contributed by atoms with Gasteiger partial charge in [-0.25, -0.2) is 0 Å². The number of allylic oxidation sites excluding steroid dienone is 5. The highest BCUT2D eigenvalue weighted by atomic mass is 28.3. The van der Waals surface area contributed by atoms with Crippen molar-refractivity contribution < 1.29 is 0 Å². The summed E-state index contributed by atoms with van der Waals surface area (Å²) < 4.78 is 0. The fourth-order valence-corrected chi connectivity index (χ4v) is 9.27. The van der Waals surface area contributed by atoms with Gasteiger partial charge in [-0.1, -0.05) is 74.8 Å². The molecule has 1 aliphatic heterocycles. The molecule has 0 spiro atoms. The van der Waals surface area contributed by atoms with Crippen LogP contribution in [-0.4, -0.2) is 8.07 Å². The lowest BCUT2D eigenvalue weighted by Crippen LogP contribution is -2.49. The van der Waals surface area contributed by atoms with Crippen molar-refractivity contribution in [3.63, 3.8) is 0 Å². The minimum absolute atomic E-state index is 0.947. The Morgan fingerprint density at radius 3 is 2.43 bits per heavy atom. The maximum atomic E-state index is 4.11. The predicted molar refractivity (Wildman–Crippen MR) is 137 cm³/mol. The first-order valence-corrected chi connectivity index (χ1v) is 13.8. The van der Waals surface area contributed by atoms with Crippen LogP contribution in [0.4, 0.5) is 0 Å². The Morgan fingerprint density at radius 1 is 0.967 bits per heavy atom. The summed E-state index contributed by atoms with van der Waals surface area (Å²) in [5, 5.41) is 5.99. The van der Waals surface area contributed by atoms with E-state index in [1.165, 1.54) is 55.3 Å². The minimum atomic E-state index is -1.80. The topological polar surface area (TPSA) is 0 Å². The van der Waals surface area contributed by atoms with Crippen molar-refractivity contribution in [3.8, 4) is 11.1 Å². The molecule has 5 rings (SSSR count). The number of rotatable bonds is 3. The Labute approximate surface area is 181 Å². The summed E-state index contributed by atoms with van der Waals surface area (Å²) in [6.45, 7) is 17.6. The van der Waals surface area contributed by atoms with Crippen molar-refractivity contribution in [2.45, 2.75) is 33.4 Å². The molecule has 0 bridgehead atoms. The van der Waals surface area contributed by atoms with Crippen molar-refractivity contribution in [1.82, 2.24) is 0 Å². The van der Waals surface area contributed by atoms with Crippen LogP contribution in [-0.2, 0) is 6.42 Å². The number of benzene rings is 3. The molecule has 1 heterocycles. The molecular weight excluding hydrogens is 376 g/mol. The molecule has 148 valence electrons. The first kappa shape index (κ1) is 19.1. The van der Waals surface area contributed by atoms with E-state index in [0.717, 1.165) is 6.42 Å². The molecule has 0 N–H and O–H groups in total. The molecule has 0 radical (unpaired) electrons. The monoisotopic (exact) mass is 404 g/mol. The molecule has 3 aromatic rings. The van der Waals surface area contributed by atoms with Gasteiger partial charge < -0.3 is 0 Å². The lowest BCUT2D eigenvalue weighted by molar-refractivity contribution is 1.26. The Kier molecular flexibility index (Phi) is 4.17. The van der Waals surface area contributed by atoms with Gasteiger partial charge in [0.25, 0.3) is 0 Å². The molecule has 30 heavy (non-hydrogen) atoms. The van der Waals surface area contributed by atoms with Gasteiger partial charge in [0.1, 0.15) is 8.07 Å². The Morgan fingerprint density at radius 2 is 1.73 bits per heavy atom. The molecule has 1 heteroatoms. The van der Waals surface area contributed by atoms with E-state index < -0.39 is 8.07 Å². The molecule has 0 saturated carbocycles. The fourth-order valence-electron chi connectivity index (χ4n) is 5.77. The van der Waals surface area contributed by atoms with Crippen molar-refractivity contribution in [1.29, 1.82) is 0 Å². The minimum Gasteiger partial charge on any atom is -0.0988 e. The van der Waals surface area contributed by atoms with E-state index in [0.29, 0.717) is 0 Å². The molecule has 2 aliphatic rings. The lowest BCUT2D eigenvalue weighted by atomic mass is 9.88. The van der Waals surface area contributed by atoms with Crippen LogP contribution in [0.2, 0.25) is 13.1 Å². The number of fused-ring (bicyclic) bond motifs is 6. The molecule has 0 saturated heterocycles. The quantitative estimate of drug-likeness (QED) is 0.428. The first-order chi connectivity index (χ1) is 14.4. The highest BCUT2D eigenvalue weighted by Gasteiger charge is 2.40. The van der Waals surface area contributed by atoms with Gasteiger partial charge in [-0.15, -0.1) is 0 Å². The second kappa shape index (κ2) is 6.55. The van der Waals surface area contributed by atoms with E-state index in [1.807, 2.05) is 12.2 Å². The van der Waals surface area contributed by atoms with Crippen LogP contribution < -0.4 is 10.4 Å². The first-order valence-electron chi connectivity index (χ1n) is 10.8. The third-order valence-corrected chi connectivity index (χ3v) is 10.7. The molecule has 0 unspecified atom stereocenters. The predicted octanol–water partition coefficient (Wildman–Crippen LogP) is 6.67. The average Bonchev–Trinajstić information content (AvgIpc) is 3.21. The van der Waals surface area contributed by atoms with Gasteiger partial charge in [0, 0.05) is 0 Å². The second-order valence-corrected chi connectivity index (χ2v) is 13.3. The van der Waals surface area contributed by atoms with Crippen LogP contribution in [0.5, 0.6) is 0 Å². The van der Waals surface area contributed by atoms with E-state index in [1.54, 1.807) is 10.4 Å². The van der Waals surface area contributed by atoms with Crippen LogP contribution in [0, 0.1) is 6.92 Å².